The van der Waals surface area contributed by atoms with E-state index in [-0.39, 0.29) is 19.0 Å². The molecule has 9 nitrogen and oxygen atoms in total. The SMILES string of the molecule is COc1cc(NC(C(=O)c2c[nH]c3cc(F)ccc23)c2ccc(Cl)cc2OC)cc(OCCOP(O)O)c1. The molecule has 1 atom stereocenters. The highest BCUT2D eigenvalue weighted by molar-refractivity contribution is 7.39. The molecule has 0 bridgehead atoms. The number of carbonyl (C=O) groups is 1. The van der Waals surface area contributed by atoms with Gasteiger partial charge < -0.3 is 38.8 Å². The highest BCUT2D eigenvalue weighted by Gasteiger charge is 2.28. The minimum absolute atomic E-state index is 0.0388. The highest BCUT2D eigenvalue weighted by Crippen LogP contribution is 2.36. The smallest absolute Gasteiger partial charge is 0.327 e. The fraction of sp³-hybridized carbons (Fsp3) is 0.192. The Kier molecular flexibility index (Phi) is 9.04. The van der Waals surface area contributed by atoms with Crippen molar-refractivity contribution in [2.75, 3.05) is 32.8 Å². The molecule has 0 amide bonds. The molecule has 0 saturated heterocycles. The normalized spacial score (nSPS) is 12.0. The first-order valence-corrected chi connectivity index (χ1v) is 12.9. The molecule has 1 aromatic heterocycles. The van der Waals surface area contributed by atoms with E-state index in [9.17, 15) is 9.18 Å². The summed E-state index contributed by atoms with van der Waals surface area (Å²) in [6.45, 7) is 0.00867. The van der Waals surface area contributed by atoms with Crippen LogP contribution >= 0.6 is 20.2 Å². The van der Waals surface area contributed by atoms with Crippen LogP contribution in [0.1, 0.15) is 22.0 Å². The molecular weight excluding hydrogens is 538 g/mol. The van der Waals surface area contributed by atoms with Crippen molar-refractivity contribution in [2.24, 2.45) is 0 Å². The largest absolute Gasteiger partial charge is 0.497 e. The number of hydrogen-bond donors (Lipinski definition) is 4. The average molecular weight is 563 g/mol. The third-order valence-electron chi connectivity index (χ3n) is 5.66. The molecule has 4 aromatic rings. The van der Waals surface area contributed by atoms with Crippen LogP contribution in [0.5, 0.6) is 17.2 Å². The molecule has 4 rings (SSSR count). The molecule has 0 aliphatic rings. The Hall–Kier alpha value is -3.40. The van der Waals surface area contributed by atoms with Crippen LogP contribution in [-0.4, -0.2) is 48.0 Å². The van der Waals surface area contributed by atoms with Gasteiger partial charge in [0.1, 0.15) is 35.7 Å². The number of ketones is 1. The minimum atomic E-state index is -2.48. The highest BCUT2D eigenvalue weighted by atomic mass is 35.5. The molecule has 1 heterocycles. The lowest BCUT2D eigenvalue weighted by Crippen LogP contribution is -2.22. The van der Waals surface area contributed by atoms with E-state index < -0.39 is 20.5 Å². The van der Waals surface area contributed by atoms with Crippen LogP contribution in [0.2, 0.25) is 5.02 Å². The lowest BCUT2D eigenvalue weighted by Gasteiger charge is -2.22. The van der Waals surface area contributed by atoms with Crippen LogP contribution in [0.4, 0.5) is 10.1 Å². The number of H-pyrrole nitrogens is 1. The first kappa shape index (κ1) is 27.6. The van der Waals surface area contributed by atoms with Crippen LogP contribution in [-0.2, 0) is 4.52 Å². The first-order valence-electron chi connectivity index (χ1n) is 11.3. The number of methoxy groups -OCH3 is 2. The van der Waals surface area contributed by atoms with Crippen molar-refractivity contribution < 1.29 is 37.7 Å². The summed E-state index contributed by atoms with van der Waals surface area (Å²) in [7, 11) is 0.494. The van der Waals surface area contributed by atoms with Crippen molar-refractivity contribution in [3.63, 3.8) is 0 Å². The van der Waals surface area contributed by atoms with E-state index in [1.54, 1.807) is 48.7 Å². The van der Waals surface area contributed by atoms with Gasteiger partial charge in [0.25, 0.3) is 0 Å². The van der Waals surface area contributed by atoms with E-state index >= 15 is 0 Å². The summed E-state index contributed by atoms with van der Waals surface area (Å²) >= 11 is 6.17. The first-order chi connectivity index (χ1) is 18.3. The second-order valence-electron chi connectivity index (χ2n) is 8.05. The van der Waals surface area contributed by atoms with Crippen LogP contribution in [0.25, 0.3) is 10.9 Å². The number of halogens is 2. The molecule has 0 saturated carbocycles. The maximum Gasteiger partial charge on any atom is 0.327 e. The van der Waals surface area contributed by atoms with Crippen LogP contribution in [0.15, 0.2) is 60.8 Å². The zero-order chi connectivity index (χ0) is 27.2. The molecule has 0 radical (unpaired) electrons. The van der Waals surface area contributed by atoms with Crippen LogP contribution in [0, 0.1) is 5.82 Å². The molecule has 0 spiro atoms. The van der Waals surface area contributed by atoms with E-state index in [1.807, 2.05) is 0 Å². The molecule has 1 unspecified atom stereocenters. The fourth-order valence-electron chi connectivity index (χ4n) is 3.97. The lowest BCUT2D eigenvalue weighted by atomic mass is 9.95. The van der Waals surface area contributed by atoms with Gasteiger partial charge in [0, 0.05) is 57.1 Å². The van der Waals surface area contributed by atoms with Crippen molar-refractivity contribution in [2.45, 2.75) is 6.04 Å². The summed E-state index contributed by atoms with van der Waals surface area (Å²) in [5.74, 6) is 0.523. The van der Waals surface area contributed by atoms with Gasteiger partial charge in [0.2, 0.25) is 0 Å². The molecular formula is C26H25ClFN2O7P. The molecule has 12 heteroatoms. The number of ether oxygens (including phenoxy) is 3. The maximum absolute atomic E-state index is 14.0. The molecule has 38 heavy (non-hydrogen) atoms. The van der Waals surface area contributed by atoms with Gasteiger partial charge in [-0.3, -0.25) is 4.79 Å². The molecule has 0 aliphatic carbocycles. The molecule has 0 fully saturated rings. The van der Waals surface area contributed by atoms with E-state index in [4.69, 9.17) is 40.1 Å². The predicted molar refractivity (Wildman–Crippen MR) is 143 cm³/mol. The summed E-state index contributed by atoms with van der Waals surface area (Å²) < 4.78 is 35.1. The number of benzene rings is 3. The van der Waals surface area contributed by atoms with Gasteiger partial charge in [-0.1, -0.05) is 17.7 Å². The Balaban J connectivity index is 1.72. The Bertz CT molecular complexity index is 1430. The van der Waals surface area contributed by atoms with Gasteiger partial charge in [-0.15, -0.1) is 0 Å². The van der Waals surface area contributed by atoms with Crippen molar-refractivity contribution in [3.8, 4) is 17.2 Å². The number of hydrogen-bond acceptors (Lipinski definition) is 8. The van der Waals surface area contributed by atoms with E-state index in [0.29, 0.717) is 50.0 Å². The Labute approximate surface area is 224 Å². The summed E-state index contributed by atoms with van der Waals surface area (Å²) in [4.78, 5) is 34.7. The molecule has 4 N–H and O–H groups in total. The lowest BCUT2D eigenvalue weighted by molar-refractivity contribution is 0.0970. The van der Waals surface area contributed by atoms with E-state index in [0.717, 1.165) is 0 Å². The third-order valence-corrected chi connectivity index (χ3v) is 6.31. The Morgan fingerprint density at radius 3 is 2.58 bits per heavy atom. The second kappa shape index (κ2) is 12.4. The molecule has 200 valence electrons. The van der Waals surface area contributed by atoms with E-state index in [1.165, 1.54) is 26.4 Å². The molecule has 3 aromatic carbocycles. The number of aromatic nitrogens is 1. The van der Waals surface area contributed by atoms with Gasteiger partial charge >= 0.3 is 8.60 Å². The zero-order valence-corrected chi connectivity index (χ0v) is 22.1. The number of rotatable bonds is 12. The second-order valence-corrected chi connectivity index (χ2v) is 9.25. The summed E-state index contributed by atoms with van der Waals surface area (Å²) in [6, 6.07) is 13.2. The number of nitrogens with one attached hydrogen (secondary N) is 2. The average Bonchev–Trinajstić information content (AvgIpc) is 3.32. The number of Topliss-reactive ketones (excluding diaryl/α,β-unsaturated/α-hetero) is 1. The van der Waals surface area contributed by atoms with Gasteiger partial charge in [-0.2, -0.15) is 0 Å². The van der Waals surface area contributed by atoms with Crippen molar-refractivity contribution in [1.29, 1.82) is 0 Å². The number of aromatic amines is 1. The van der Waals surface area contributed by atoms with Crippen molar-refractivity contribution >= 4 is 42.6 Å². The minimum Gasteiger partial charge on any atom is -0.497 e. The monoisotopic (exact) mass is 562 g/mol. The van der Waals surface area contributed by atoms with Crippen LogP contribution < -0.4 is 19.5 Å². The Morgan fingerprint density at radius 1 is 1.05 bits per heavy atom. The quantitative estimate of drug-likeness (QED) is 0.0997. The molecule has 0 aliphatic heterocycles. The Morgan fingerprint density at radius 2 is 1.84 bits per heavy atom. The van der Waals surface area contributed by atoms with Crippen LogP contribution in [0.3, 0.4) is 0 Å². The fourth-order valence-corrected chi connectivity index (χ4v) is 4.37. The maximum atomic E-state index is 14.0. The van der Waals surface area contributed by atoms with Crippen molar-refractivity contribution in [3.05, 3.63) is 82.8 Å². The van der Waals surface area contributed by atoms with Crippen molar-refractivity contribution in [1.82, 2.24) is 4.98 Å². The summed E-state index contributed by atoms with van der Waals surface area (Å²) in [5.41, 5.74) is 1.86. The standard InChI is InChI=1S/C26H25ClFN2O7P/c1-34-18-11-17(12-19(13-18)36-7-8-37-38(32)33)30-25(21-5-3-15(27)9-24(21)35-2)26(31)22-14-29-23-10-16(28)4-6-20(22)23/h3-6,9-14,25,29-30,32-33H,7-8H2,1-2H3. The van der Waals surface area contributed by atoms with Gasteiger partial charge in [-0.25, -0.2) is 4.39 Å². The predicted octanol–water partition coefficient (Wildman–Crippen LogP) is 5.62. The van der Waals surface area contributed by atoms with E-state index in [2.05, 4.69) is 10.3 Å². The van der Waals surface area contributed by atoms with Gasteiger partial charge in [-0.05, 0) is 30.3 Å². The number of anilines is 1. The topological polar surface area (TPSA) is 122 Å². The van der Waals surface area contributed by atoms with Gasteiger partial charge in [0.05, 0.1) is 20.8 Å². The summed E-state index contributed by atoms with van der Waals surface area (Å²) in [5, 5.41) is 4.25. The number of carbonyl (C=O) groups excluding carboxylic acids is 1. The van der Waals surface area contributed by atoms with Gasteiger partial charge in [0.15, 0.2) is 5.78 Å². The third kappa shape index (κ3) is 6.53. The zero-order valence-electron chi connectivity index (χ0n) is 20.4. The summed E-state index contributed by atoms with van der Waals surface area (Å²) in [6.07, 6.45) is 1.54. The number of fused-ring (bicyclic) bond motifs is 1.